The Bertz CT molecular complexity index is 504. The summed E-state index contributed by atoms with van der Waals surface area (Å²) in [5, 5.41) is 12.3. The van der Waals surface area contributed by atoms with E-state index in [1.807, 2.05) is 0 Å². The highest BCUT2D eigenvalue weighted by Crippen LogP contribution is 2.49. The Morgan fingerprint density at radius 3 is 2.48 bits per heavy atom. The largest absolute Gasteiger partial charge is 0.492 e. The average Bonchev–Trinajstić information content (AvgIpc) is 3.18. The van der Waals surface area contributed by atoms with E-state index in [1.54, 1.807) is 0 Å². The van der Waals surface area contributed by atoms with Gasteiger partial charge in [-0.1, -0.05) is 19.1 Å². The third-order valence-corrected chi connectivity index (χ3v) is 4.21. The summed E-state index contributed by atoms with van der Waals surface area (Å²) >= 11 is 0. The maximum absolute atomic E-state index is 8.87. The Hall–Kier alpha value is -1.53. The Morgan fingerprint density at radius 1 is 1.29 bits per heavy atom. The van der Waals surface area contributed by atoms with Gasteiger partial charge in [-0.3, -0.25) is 0 Å². The van der Waals surface area contributed by atoms with Crippen LogP contribution >= 0.6 is 0 Å². The summed E-state index contributed by atoms with van der Waals surface area (Å²) in [4.78, 5) is 0. The molecule has 3 heteroatoms. The lowest BCUT2D eigenvalue weighted by molar-refractivity contribution is 0.234. The first-order valence-corrected chi connectivity index (χ1v) is 7.91. The Labute approximate surface area is 128 Å². The van der Waals surface area contributed by atoms with E-state index in [-0.39, 0.29) is 5.41 Å². The molecule has 1 N–H and O–H groups in total. The third-order valence-electron chi connectivity index (χ3n) is 4.21. The highest BCUT2D eigenvalue weighted by molar-refractivity contribution is 5.43. The normalized spacial score (nSPS) is 15.5. The third kappa shape index (κ3) is 4.22. The highest BCUT2D eigenvalue weighted by Gasteiger charge is 2.43. The zero-order chi connectivity index (χ0) is 15.3. The molecule has 0 amide bonds. The monoisotopic (exact) mass is 286 g/mol. The molecule has 0 radical (unpaired) electrons. The van der Waals surface area contributed by atoms with Crippen molar-refractivity contribution in [2.75, 3.05) is 13.2 Å². The number of nitrogens with one attached hydrogen (secondary N) is 1. The second-order valence-corrected chi connectivity index (χ2v) is 6.36. The first-order valence-electron chi connectivity index (χ1n) is 7.91. The molecule has 2 rings (SSSR count). The summed E-state index contributed by atoms with van der Waals surface area (Å²) < 4.78 is 6.06. The molecular formula is C18H26N2O. The van der Waals surface area contributed by atoms with Gasteiger partial charge < -0.3 is 10.1 Å². The minimum Gasteiger partial charge on any atom is -0.492 e. The van der Waals surface area contributed by atoms with Gasteiger partial charge in [0, 0.05) is 18.4 Å². The molecule has 0 atom stereocenters. The Kier molecular flexibility index (Phi) is 5.25. The van der Waals surface area contributed by atoms with Crippen LogP contribution in [0.3, 0.4) is 0 Å². The van der Waals surface area contributed by atoms with Crippen LogP contribution in [0.4, 0.5) is 0 Å². The van der Waals surface area contributed by atoms with E-state index in [1.165, 1.54) is 16.7 Å². The summed E-state index contributed by atoms with van der Waals surface area (Å²) in [7, 11) is 0. The fourth-order valence-electron chi connectivity index (χ4n) is 2.72. The fraction of sp³-hybridized carbons (Fsp3) is 0.611. The number of rotatable bonds is 8. The maximum Gasteiger partial charge on any atom is 0.125 e. The van der Waals surface area contributed by atoms with Crippen molar-refractivity contribution in [3.63, 3.8) is 0 Å². The Morgan fingerprint density at radius 2 is 1.95 bits per heavy atom. The van der Waals surface area contributed by atoms with E-state index in [9.17, 15) is 0 Å². The molecule has 21 heavy (non-hydrogen) atoms. The van der Waals surface area contributed by atoms with E-state index in [0.29, 0.717) is 13.0 Å². The molecule has 0 bridgehead atoms. The van der Waals surface area contributed by atoms with Crippen molar-refractivity contribution in [1.29, 1.82) is 5.26 Å². The van der Waals surface area contributed by atoms with Crippen LogP contribution < -0.4 is 10.1 Å². The van der Waals surface area contributed by atoms with Crippen LogP contribution in [0.15, 0.2) is 12.1 Å². The van der Waals surface area contributed by atoms with Crippen LogP contribution in [0.1, 0.15) is 49.3 Å². The van der Waals surface area contributed by atoms with Gasteiger partial charge in [0.2, 0.25) is 0 Å². The maximum atomic E-state index is 8.87. The summed E-state index contributed by atoms with van der Waals surface area (Å²) in [6, 6.07) is 6.69. The summed E-state index contributed by atoms with van der Waals surface area (Å²) in [6.07, 6.45) is 4.01. The molecule has 1 aliphatic rings. The zero-order valence-electron chi connectivity index (χ0n) is 13.5. The van der Waals surface area contributed by atoms with E-state index in [0.717, 1.165) is 38.1 Å². The quantitative estimate of drug-likeness (QED) is 0.738. The van der Waals surface area contributed by atoms with Gasteiger partial charge in [-0.2, -0.15) is 5.26 Å². The first kappa shape index (κ1) is 15.9. The van der Waals surface area contributed by atoms with Gasteiger partial charge in [-0.25, -0.2) is 0 Å². The molecule has 1 aliphatic carbocycles. The van der Waals surface area contributed by atoms with Crippen molar-refractivity contribution in [3.8, 4) is 11.8 Å². The molecule has 1 saturated carbocycles. The van der Waals surface area contributed by atoms with Crippen molar-refractivity contribution in [3.05, 3.63) is 28.8 Å². The second-order valence-electron chi connectivity index (χ2n) is 6.36. The molecule has 114 valence electrons. The van der Waals surface area contributed by atoms with Crippen molar-refractivity contribution in [1.82, 2.24) is 5.32 Å². The molecule has 0 aromatic heterocycles. The lowest BCUT2D eigenvalue weighted by Crippen LogP contribution is -2.15. The van der Waals surface area contributed by atoms with Gasteiger partial charge in [0.25, 0.3) is 0 Å². The van der Waals surface area contributed by atoms with Gasteiger partial charge >= 0.3 is 0 Å². The number of nitrogens with zero attached hydrogens (tertiary/aromatic N) is 1. The molecule has 1 fully saturated rings. The molecule has 0 unspecified atom stereocenters. The average molecular weight is 286 g/mol. The van der Waals surface area contributed by atoms with Gasteiger partial charge in [0.15, 0.2) is 0 Å². The zero-order valence-corrected chi connectivity index (χ0v) is 13.5. The summed E-state index contributed by atoms with van der Waals surface area (Å²) in [5.41, 5.74) is 3.82. The number of hydrogen-bond acceptors (Lipinski definition) is 3. The number of benzene rings is 1. The minimum atomic E-state index is 0.134. The molecule has 0 heterocycles. The minimum absolute atomic E-state index is 0.134. The smallest absolute Gasteiger partial charge is 0.125 e. The number of nitriles is 1. The fourth-order valence-corrected chi connectivity index (χ4v) is 2.72. The van der Waals surface area contributed by atoms with Crippen molar-refractivity contribution < 1.29 is 4.74 Å². The van der Waals surface area contributed by atoms with Crippen LogP contribution in [0.5, 0.6) is 5.75 Å². The summed E-state index contributed by atoms with van der Waals surface area (Å²) in [6.45, 7) is 9.03. The van der Waals surface area contributed by atoms with Crippen molar-refractivity contribution >= 4 is 0 Å². The molecule has 1 aromatic carbocycles. The van der Waals surface area contributed by atoms with Crippen LogP contribution in [0.25, 0.3) is 0 Å². The van der Waals surface area contributed by atoms with Gasteiger partial charge in [-0.15, -0.1) is 0 Å². The van der Waals surface area contributed by atoms with E-state index >= 15 is 0 Å². The summed E-state index contributed by atoms with van der Waals surface area (Å²) in [5.74, 6) is 0.999. The molecule has 3 nitrogen and oxygen atoms in total. The first-order chi connectivity index (χ1) is 10.1. The topological polar surface area (TPSA) is 45.0 Å². The molecule has 0 aliphatic heterocycles. The number of aryl methyl sites for hydroxylation is 2. The van der Waals surface area contributed by atoms with Gasteiger partial charge in [0.05, 0.1) is 12.7 Å². The lowest BCUT2D eigenvalue weighted by Gasteiger charge is -2.18. The number of ether oxygens (including phenoxy) is 1. The van der Waals surface area contributed by atoms with Gasteiger partial charge in [-0.05, 0) is 56.3 Å². The molecule has 0 saturated heterocycles. The van der Waals surface area contributed by atoms with Crippen LogP contribution in [-0.4, -0.2) is 13.2 Å². The van der Waals surface area contributed by atoms with Gasteiger partial charge in [0.1, 0.15) is 5.75 Å². The van der Waals surface area contributed by atoms with Crippen LogP contribution in [0.2, 0.25) is 0 Å². The van der Waals surface area contributed by atoms with E-state index in [2.05, 4.69) is 44.3 Å². The van der Waals surface area contributed by atoms with Crippen molar-refractivity contribution in [2.24, 2.45) is 5.41 Å². The highest BCUT2D eigenvalue weighted by atomic mass is 16.5. The van der Waals surface area contributed by atoms with Crippen LogP contribution in [0, 0.1) is 30.6 Å². The second kappa shape index (κ2) is 6.95. The van der Waals surface area contributed by atoms with Crippen LogP contribution in [-0.2, 0) is 6.54 Å². The number of hydrogen-bond donors (Lipinski definition) is 1. The van der Waals surface area contributed by atoms with E-state index < -0.39 is 0 Å². The predicted octanol–water partition coefficient (Wildman–Crippen LogP) is 3.88. The Balaban J connectivity index is 1.99. The van der Waals surface area contributed by atoms with E-state index in [4.69, 9.17) is 10.00 Å². The predicted molar refractivity (Wildman–Crippen MR) is 85.3 cm³/mol. The molecular weight excluding hydrogens is 260 g/mol. The molecule has 1 aromatic rings. The molecule has 0 spiro atoms. The SMILES string of the molecule is CCCNCc1cc(C)c(OCC2(CC#N)CC2)c(C)c1. The standard InChI is InChI=1S/C18H26N2O/c1-4-9-20-12-16-10-14(2)17(15(3)11-16)21-13-18(5-6-18)7-8-19/h10-11,20H,4-7,9,12-13H2,1-3H3. The lowest BCUT2D eigenvalue weighted by atomic mass is 10.0. The van der Waals surface area contributed by atoms with Crippen molar-refractivity contribution in [2.45, 2.75) is 53.0 Å².